The van der Waals surface area contributed by atoms with E-state index in [-0.39, 0.29) is 0 Å². The third-order valence-corrected chi connectivity index (χ3v) is 1.90. The van der Waals surface area contributed by atoms with Gasteiger partial charge in [0.15, 0.2) is 0 Å². The second-order valence-corrected chi connectivity index (χ2v) is 3.24. The summed E-state index contributed by atoms with van der Waals surface area (Å²) < 4.78 is 0. The van der Waals surface area contributed by atoms with Crippen molar-refractivity contribution in [1.29, 1.82) is 0 Å². The maximum absolute atomic E-state index is 4.48. The van der Waals surface area contributed by atoms with Gasteiger partial charge in [-0.2, -0.15) is 0 Å². The van der Waals surface area contributed by atoms with Gasteiger partial charge in [-0.1, -0.05) is 36.0 Å². The molecule has 0 aliphatic heterocycles. The Kier molecular flexibility index (Phi) is 3.11. The first-order valence-electron chi connectivity index (χ1n) is 4.30. The first kappa shape index (κ1) is 9.07. The number of hydrogen-bond donors (Lipinski definition) is 1. The molecule has 66 valence electrons. The van der Waals surface area contributed by atoms with E-state index in [9.17, 15) is 0 Å². The maximum atomic E-state index is 4.48. The fourth-order valence-corrected chi connectivity index (χ4v) is 0.835. The normalized spacial score (nSPS) is 13.0. The van der Waals surface area contributed by atoms with Gasteiger partial charge in [0.2, 0.25) is 0 Å². The predicted molar refractivity (Wildman–Crippen MR) is 51.5 cm³/mol. The highest BCUT2D eigenvalue weighted by Gasteiger charge is 1.96. The first-order chi connectivity index (χ1) is 5.70. The van der Waals surface area contributed by atoms with Gasteiger partial charge in [-0.25, -0.2) is 0 Å². The monoisotopic (exact) mass is 164 g/mol. The van der Waals surface area contributed by atoms with Crippen LogP contribution in [0.3, 0.4) is 0 Å². The van der Waals surface area contributed by atoms with E-state index in [1.54, 1.807) is 0 Å². The molecule has 0 saturated heterocycles. The van der Waals surface area contributed by atoms with Crippen molar-refractivity contribution in [3.8, 4) is 0 Å². The molecule has 2 heteroatoms. The molecule has 1 atom stereocenters. The predicted octanol–water partition coefficient (Wildman–Crippen LogP) is 1.53. The van der Waals surface area contributed by atoms with Crippen LogP contribution in [0.4, 0.5) is 5.69 Å². The van der Waals surface area contributed by atoms with Crippen LogP contribution >= 0.6 is 0 Å². The van der Waals surface area contributed by atoms with Gasteiger partial charge in [0.1, 0.15) is 0 Å². The summed E-state index contributed by atoms with van der Waals surface area (Å²) in [5.41, 5.74) is 5.52. The number of quaternary nitrogens is 1. The van der Waals surface area contributed by atoms with Gasteiger partial charge >= 0.3 is 0 Å². The van der Waals surface area contributed by atoms with Crippen molar-refractivity contribution in [2.45, 2.75) is 19.9 Å². The lowest BCUT2D eigenvalue weighted by atomic mass is 10.3. The average Bonchev–Trinajstić information content (AvgIpc) is 2.06. The van der Waals surface area contributed by atoms with Crippen molar-refractivity contribution in [1.82, 2.24) is 0 Å². The second-order valence-electron chi connectivity index (χ2n) is 3.24. The minimum Gasteiger partial charge on any atom is -0.488 e. The number of benzene rings is 1. The van der Waals surface area contributed by atoms with E-state index in [1.807, 2.05) is 30.3 Å². The topological polar surface area (TPSA) is 18.5 Å². The molecule has 1 unspecified atom stereocenters. The van der Waals surface area contributed by atoms with Gasteiger partial charge in [0, 0.05) is 0 Å². The summed E-state index contributed by atoms with van der Waals surface area (Å²) in [6, 6.07) is 10.6. The molecule has 0 aliphatic rings. The number of rotatable bonds is 3. The van der Waals surface area contributed by atoms with Crippen molar-refractivity contribution in [2.75, 3.05) is 7.05 Å². The van der Waals surface area contributed by atoms with Crippen molar-refractivity contribution < 1.29 is 5.01 Å². The minimum absolute atomic E-state index is 0.533. The van der Waals surface area contributed by atoms with Crippen molar-refractivity contribution in [2.24, 2.45) is 0 Å². The van der Waals surface area contributed by atoms with Crippen LogP contribution in [0.25, 0.3) is 5.43 Å². The molecule has 1 N–H and O–H groups in total. The summed E-state index contributed by atoms with van der Waals surface area (Å²) in [6.07, 6.45) is 0. The van der Waals surface area contributed by atoms with Crippen molar-refractivity contribution in [3.05, 3.63) is 35.8 Å². The molecular weight excluding hydrogens is 148 g/mol. The third-order valence-electron chi connectivity index (χ3n) is 1.90. The standard InChI is InChI=1S/C10H16N2/c1-9(2)12(3)11-10-7-5-4-6-8-10/h4-9,12H,1-3H3. The maximum Gasteiger partial charge on any atom is 0.0769 e. The SMILES string of the molecule is CC(C)[NH+](C)[N-]c1ccccc1. The zero-order chi connectivity index (χ0) is 8.97. The highest BCUT2D eigenvalue weighted by molar-refractivity contribution is 5.43. The second kappa shape index (κ2) is 4.12. The molecule has 12 heavy (non-hydrogen) atoms. The van der Waals surface area contributed by atoms with Crippen LogP contribution < -0.4 is 5.01 Å². The van der Waals surface area contributed by atoms with Crippen LogP contribution in [-0.2, 0) is 0 Å². The van der Waals surface area contributed by atoms with Gasteiger partial charge in [0.05, 0.1) is 13.1 Å². The van der Waals surface area contributed by atoms with E-state index in [0.29, 0.717) is 6.04 Å². The lowest BCUT2D eigenvalue weighted by Crippen LogP contribution is -3.07. The Balaban J connectivity index is 2.53. The van der Waals surface area contributed by atoms with Crippen LogP contribution in [0, 0.1) is 0 Å². The fourth-order valence-electron chi connectivity index (χ4n) is 0.835. The Morgan fingerprint density at radius 1 is 1.17 bits per heavy atom. The summed E-state index contributed by atoms with van der Waals surface area (Å²) in [7, 11) is 2.07. The van der Waals surface area contributed by atoms with E-state index in [0.717, 1.165) is 5.69 Å². The first-order valence-corrected chi connectivity index (χ1v) is 4.30. The van der Waals surface area contributed by atoms with E-state index in [4.69, 9.17) is 0 Å². The number of hydrogen-bond acceptors (Lipinski definition) is 0. The summed E-state index contributed by atoms with van der Waals surface area (Å²) in [4.78, 5) is 0. The Morgan fingerprint density at radius 3 is 2.25 bits per heavy atom. The molecule has 0 bridgehead atoms. The highest BCUT2D eigenvalue weighted by atomic mass is 15.5. The molecule has 1 aromatic carbocycles. The van der Waals surface area contributed by atoms with E-state index < -0.39 is 0 Å². The van der Waals surface area contributed by atoms with E-state index in [1.165, 1.54) is 5.01 Å². The molecular formula is C10H16N2. The molecule has 0 aromatic heterocycles. The van der Waals surface area contributed by atoms with Crippen LogP contribution in [0.1, 0.15) is 13.8 Å². The highest BCUT2D eigenvalue weighted by Crippen LogP contribution is 2.10. The molecule has 0 amide bonds. The van der Waals surface area contributed by atoms with Crippen LogP contribution in [0.5, 0.6) is 0 Å². The van der Waals surface area contributed by atoms with Crippen LogP contribution in [-0.4, -0.2) is 13.1 Å². The summed E-state index contributed by atoms with van der Waals surface area (Å²) in [6.45, 7) is 4.31. The zero-order valence-corrected chi connectivity index (χ0v) is 7.91. The number of para-hydroxylation sites is 1. The van der Waals surface area contributed by atoms with E-state index >= 15 is 0 Å². The minimum atomic E-state index is 0.533. The molecule has 0 fully saturated rings. The van der Waals surface area contributed by atoms with Gasteiger partial charge in [-0.15, -0.1) is 0 Å². The van der Waals surface area contributed by atoms with Gasteiger partial charge < -0.3 is 10.4 Å². The Hall–Kier alpha value is -1.02. The Morgan fingerprint density at radius 2 is 1.75 bits per heavy atom. The largest absolute Gasteiger partial charge is 0.488 e. The van der Waals surface area contributed by atoms with Gasteiger partial charge in [-0.3, -0.25) is 0 Å². The zero-order valence-electron chi connectivity index (χ0n) is 7.91. The molecule has 1 aromatic rings. The van der Waals surface area contributed by atoms with Gasteiger partial charge in [-0.05, 0) is 13.8 Å². The molecule has 0 heterocycles. The third kappa shape index (κ3) is 2.55. The molecule has 0 saturated carbocycles. The molecule has 1 rings (SSSR count). The van der Waals surface area contributed by atoms with Crippen LogP contribution in [0.15, 0.2) is 30.3 Å². The van der Waals surface area contributed by atoms with Crippen LogP contribution in [0.2, 0.25) is 0 Å². The number of nitrogens with one attached hydrogen (secondary N) is 1. The lowest BCUT2D eigenvalue weighted by molar-refractivity contribution is -0.860. The molecule has 0 spiro atoms. The average molecular weight is 164 g/mol. The van der Waals surface area contributed by atoms with Crippen molar-refractivity contribution in [3.63, 3.8) is 0 Å². The smallest absolute Gasteiger partial charge is 0.0769 e. The summed E-state index contributed by atoms with van der Waals surface area (Å²) >= 11 is 0. The van der Waals surface area contributed by atoms with E-state index in [2.05, 4.69) is 26.3 Å². The molecule has 0 radical (unpaired) electrons. The van der Waals surface area contributed by atoms with Crippen molar-refractivity contribution >= 4 is 5.69 Å². The molecule has 2 nitrogen and oxygen atoms in total. The summed E-state index contributed by atoms with van der Waals surface area (Å²) in [5, 5.41) is 1.18. The lowest BCUT2D eigenvalue weighted by Gasteiger charge is -2.32. The molecule has 0 aliphatic carbocycles. The summed E-state index contributed by atoms with van der Waals surface area (Å²) in [5.74, 6) is 0. The number of nitrogens with zero attached hydrogens (tertiary/aromatic N) is 1. The quantitative estimate of drug-likeness (QED) is 0.653. The van der Waals surface area contributed by atoms with Gasteiger partial charge in [0.25, 0.3) is 0 Å². The Labute approximate surface area is 74.2 Å². The fraction of sp³-hybridized carbons (Fsp3) is 0.400. The Bertz CT molecular complexity index is 219.